The molecule has 0 aromatic rings. The number of methoxy groups -OCH3 is 1. The van der Waals surface area contributed by atoms with Crippen LogP contribution in [0.2, 0.25) is 0 Å². The first kappa shape index (κ1) is 12.4. The second kappa shape index (κ2) is 6.61. The van der Waals surface area contributed by atoms with Gasteiger partial charge in [0.05, 0.1) is 6.61 Å². The Labute approximate surface area is 100 Å². The lowest BCUT2D eigenvalue weighted by atomic mass is 9.87. The summed E-state index contributed by atoms with van der Waals surface area (Å²) in [6, 6.07) is 0.633. The van der Waals surface area contributed by atoms with Crippen molar-refractivity contribution in [1.29, 1.82) is 0 Å². The van der Waals surface area contributed by atoms with Crippen molar-refractivity contribution < 1.29 is 4.74 Å². The predicted molar refractivity (Wildman–Crippen MR) is 67.6 cm³/mol. The molecule has 2 fully saturated rings. The van der Waals surface area contributed by atoms with Gasteiger partial charge in [0.15, 0.2) is 0 Å². The highest BCUT2D eigenvalue weighted by molar-refractivity contribution is 4.86. The number of rotatable bonds is 7. The smallest absolute Gasteiger partial charge is 0.0618 e. The fourth-order valence-corrected chi connectivity index (χ4v) is 2.99. The molecular weight excluding hydrogens is 198 g/mol. The van der Waals surface area contributed by atoms with Crippen LogP contribution in [-0.2, 0) is 4.74 Å². The molecule has 16 heavy (non-hydrogen) atoms. The molecule has 94 valence electrons. The summed E-state index contributed by atoms with van der Waals surface area (Å²) < 4.78 is 5.29. The first-order valence-corrected chi connectivity index (χ1v) is 7.12. The van der Waals surface area contributed by atoms with Crippen molar-refractivity contribution in [3.8, 4) is 0 Å². The van der Waals surface area contributed by atoms with E-state index in [2.05, 4.69) is 5.32 Å². The van der Waals surface area contributed by atoms with Gasteiger partial charge in [0, 0.05) is 13.2 Å². The lowest BCUT2D eigenvalue weighted by Gasteiger charge is -2.23. The molecule has 1 atom stereocenters. The highest BCUT2D eigenvalue weighted by Crippen LogP contribution is 2.33. The van der Waals surface area contributed by atoms with Crippen molar-refractivity contribution in [2.24, 2.45) is 11.8 Å². The van der Waals surface area contributed by atoms with Crippen LogP contribution >= 0.6 is 0 Å². The first-order valence-electron chi connectivity index (χ1n) is 7.12. The summed E-state index contributed by atoms with van der Waals surface area (Å²) in [4.78, 5) is 0. The van der Waals surface area contributed by atoms with E-state index in [-0.39, 0.29) is 0 Å². The van der Waals surface area contributed by atoms with Crippen LogP contribution < -0.4 is 5.32 Å². The first-order chi connectivity index (χ1) is 7.90. The second-order valence-corrected chi connectivity index (χ2v) is 5.65. The van der Waals surface area contributed by atoms with Crippen molar-refractivity contribution in [2.75, 3.05) is 20.3 Å². The van der Waals surface area contributed by atoms with Crippen LogP contribution in [-0.4, -0.2) is 26.3 Å². The van der Waals surface area contributed by atoms with Gasteiger partial charge in [0.1, 0.15) is 0 Å². The van der Waals surface area contributed by atoms with Crippen molar-refractivity contribution in [3.63, 3.8) is 0 Å². The number of ether oxygens (including phenoxy) is 1. The minimum absolute atomic E-state index is 0.633. The van der Waals surface area contributed by atoms with E-state index in [1.54, 1.807) is 0 Å². The highest BCUT2D eigenvalue weighted by Gasteiger charge is 2.30. The molecule has 1 N–H and O–H groups in total. The van der Waals surface area contributed by atoms with Crippen molar-refractivity contribution in [3.05, 3.63) is 0 Å². The molecule has 0 aromatic heterocycles. The summed E-state index contributed by atoms with van der Waals surface area (Å²) in [6.45, 7) is 2.10. The van der Waals surface area contributed by atoms with Crippen molar-refractivity contribution in [1.82, 2.24) is 5.32 Å². The Morgan fingerprint density at radius 2 is 1.88 bits per heavy atom. The molecule has 0 aliphatic heterocycles. The Morgan fingerprint density at radius 3 is 2.50 bits per heavy atom. The van der Waals surface area contributed by atoms with E-state index in [4.69, 9.17) is 4.74 Å². The third-order valence-electron chi connectivity index (χ3n) is 4.22. The van der Waals surface area contributed by atoms with Crippen LogP contribution in [0, 0.1) is 11.8 Å². The van der Waals surface area contributed by atoms with Crippen molar-refractivity contribution >= 4 is 0 Å². The molecule has 0 spiro atoms. The average molecular weight is 225 g/mol. The zero-order valence-corrected chi connectivity index (χ0v) is 10.7. The molecule has 0 heterocycles. The second-order valence-electron chi connectivity index (χ2n) is 5.65. The molecule has 2 heteroatoms. The third kappa shape index (κ3) is 4.06. The maximum absolute atomic E-state index is 5.29. The van der Waals surface area contributed by atoms with Gasteiger partial charge in [-0.1, -0.05) is 32.1 Å². The Hall–Kier alpha value is -0.0800. The fraction of sp³-hybridized carbons (Fsp3) is 1.00. The van der Waals surface area contributed by atoms with E-state index >= 15 is 0 Å². The summed E-state index contributed by atoms with van der Waals surface area (Å²) in [7, 11) is 1.82. The minimum Gasteiger partial charge on any atom is -0.383 e. The molecule has 0 bridgehead atoms. The van der Waals surface area contributed by atoms with Gasteiger partial charge in [-0.3, -0.25) is 0 Å². The molecule has 0 amide bonds. The normalized spacial score (nSPS) is 24.6. The maximum Gasteiger partial charge on any atom is 0.0618 e. The number of nitrogens with one attached hydrogen (secondary N) is 1. The van der Waals surface area contributed by atoms with E-state index in [0.717, 1.165) is 18.4 Å². The molecule has 2 saturated carbocycles. The molecule has 2 rings (SSSR count). The number of hydrogen-bond acceptors (Lipinski definition) is 2. The fourth-order valence-electron chi connectivity index (χ4n) is 2.99. The standard InChI is InChI=1S/C14H27NO/c1-16-11-14(13-7-8-13)15-10-9-12-5-3-2-4-6-12/h12-15H,2-11H2,1H3. The maximum atomic E-state index is 5.29. The van der Waals surface area contributed by atoms with Crippen LogP contribution in [0.1, 0.15) is 51.4 Å². The lowest BCUT2D eigenvalue weighted by molar-refractivity contribution is 0.156. The van der Waals surface area contributed by atoms with Gasteiger partial charge in [-0.25, -0.2) is 0 Å². The monoisotopic (exact) mass is 225 g/mol. The molecule has 2 aliphatic carbocycles. The van der Waals surface area contributed by atoms with Gasteiger partial charge >= 0.3 is 0 Å². The molecule has 2 nitrogen and oxygen atoms in total. The summed E-state index contributed by atoms with van der Waals surface area (Å²) in [5, 5.41) is 3.70. The SMILES string of the molecule is COCC(NCCC1CCCCC1)C1CC1. The molecule has 2 aliphatic rings. The molecule has 0 aromatic carbocycles. The van der Waals surface area contributed by atoms with E-state index in [0.29, 0.717) is 6.04 Å². The van der Waals surface area contributed by atoms with Crippen molar-refractivity contribution in [2.45, 2.75) is 57.4 Å². The zero-order chi connectivity index (χ0) is 11.2. The Balaban J connectivity index is 1.57. The Bertz CT molecular complexity index is 185. The Kier molecular flexibility index (Phi) is 5.11. The topological polar surface area (TPSA) is 21.3 Å². The van der Waals surface area contributed by atoms with Crippen LogP contribution in [0.25, 0.3) is 0 Å². The van der Waals surface area contributed by atoms with E-state index in [1.165, 1.54) is 57.9 Å². The zero-order valence-electron chi connectivity index (χ0n) is 10.7. The van der Waals surface area contributed by atoms with Gasteiger partial charge in [-0.2, -0.15) is 0 Å². The average Bonchev–Trinajstić information content (AvgIpc) is 3.13. The van der Waals surface area contributed by atoms with E-state index in [9.17, 15) is 0 Å². The van der Waals surface area contributed by atoms with Gasteiger partial charge in [-0.05, 0) is 37.6 Å². The Morgan fingerprint density at radius 1 is 1.12 bits per heavy atom. The molecule has 0 radical (unpaired) electrons. The van der Waals surface area contributed by atoms with Crippen LogP contribution in [0.4, 0.5) is 0 Å². The van der Waals surface area contributed by atoms with E-state index < -0.39 is 0 Å². The minimum atomic E-state index is 0.633. The third-order valence-corrected chi connectivity index (χ3v) is 4.22. The van der Waals surface area contributed by atoms with Gasteiger partial charge in [-0.15, -0.1) is 0 Å². The summed E-state index contributed by atoms with van der Waals surface area (Å²) in [5.74, 6) is 1.91. The van der Waals surface area contributed by atoms with Gasteiger partial charge in [0.25, 0.3) is 0 Å². The van der Waals surface area contributed by atoms with Crippen LogP contribution in [0.15, 0.2) is 0 Å². The molecule has 1 unspecified atom stereocenters. The van der Waals surface area contributed by atoms with E-state index in [1.807, 2.05) is 7.11 Å². The summed E-state index contributed by atoms with van der Waals surface area (Å²) in [6.07, 6.45) is 11.5. The quantitative estimate of drug-likeness (QED) is 0.719. The lowest BCUT2D eigenvalue weighted by Crippen LogP contribution is -2.36. The number of hydrogen-bond donors (Lipinski definition) is 1. The largest absolute Gasteiger partial charge is 0.383 e. The summed E-state index contributed by atoms with van der Waals surface area (Å²) >= 11 is 0. The predicted octanol–water partition coefficient (Wildman–Crippen LogP) is 2.97. The molecule has 0 saturated heterocycles. The van der Waals surface area contributed by atoms with Gasteiger partial charge in [0.2, 0.25) is 0 Å². The van der Waals surface area contributed by atoms with Crippen LogP contribution in [0.5, 0.6) is 0 Å². The van der Waals surface area contributed by atoms with Gasteiger partial charge < -0.3 is 10.1 Å². The summed E-state index contributed by atoms with van der Waals surface area (Å²) in [5.41, 5.74) is 0. The molecular formula is C14H27NO. The van der Waals surface area contributed by atoms with Crippen LogP contribution in [0.3, 0.4) is 0 Å². The highest BCUT2D eigenvalue weighted by atomic mass is 16.5.